The SMILES string of the molecule is CC(C)c1nc2cc(Cc3nc4ccccc4s3)ccc2o1. The van der Waals surface area contributed by atoms with Crippen molar-refractivity contribution in [2.45, 2.75) is 26.2 Å². The third kappa shape index (κ3) is 2.40. The zero-order chi connectivity index (χ0) is 15.1. The topological polar surface area (TPSA) is 38.9 Å². The number of oxazole rings is 1. The van der Waals surface area contributed by atoms with Gasteiger partial charge in [0.2, 0.25) is 0 Å². The molecule has 2 aromatic heterocycles. The molecule has 0 saturated carbocycles. The van der Waals surface area contributed by atoms with Crippen LogP contribution in [0.1, 0.15) is 36.2 Å². The van der Waals surface area contributed by atoms with Crippen LogP contribution in [0.2, 0.25) is 0 Å². The Labute approximate surface area is 132 Å². The lowest BCUT2D eigenvalue weighted by Gasteiger charge is -1.96. The monoisotopic (exact) mass is 308 g/mol. The Bertz CT molecular complexity index is 919. The minimum Gasteiger partial charge on any atom is -0.440 e. The first-order valence-electron chi connectivity index (χ1n) is 7.43. The van der Waals surface area contributed by atoms with Gasteiger partial charge in [0.05, 0.1) is 15.2 Å². The predicted molar refractivity (Wildman–Crippen MR) is 90.5 cm³/mol. The molecule has 4 rings (SSSR count). The molecule has 0 spiro atoms. The number of fused-ring (bicyclic) bond motifs is 2. The Kier molecular flexibility index (Phi) is 3.19. The van der Waals surface area contributed by atoms with Gasteiger partial charge in [-0.3, -0.25) is 0 Å². The second-order valence-electron chi connectivity index (χ2n) is 5.76. The van der Waals surface area contributed by atoms with E-state index in [0.29, 0.717) is 5.92 Å². The summed E-state index contributed by atoms with van der Waals surface area (Å²) in [7, 11) is 0. The van der Waals surface area contributed by atoms with Crippen LogP contribution in [0.25, 0.3) is 21.3 Å². The van der Waals surface area contributed by atoms with E-state index in [4.69, 9.17) is 9.40 Å². The fraction of sp³-hybridized carbons (Fsp3) is 0.222. The van der Waals surface area contributed by atoms with Crippen molar-refractivity contribution in [2.75, 3.05) is 0 Å². The Morgan fingerprint density at radius 1 is 1.05 bits per heavy atom. The summed E-state index contributed by atoms with van der Waals surface area (Å²) >= 11 is 1.75. The molecule has 0 aliphatic heterocycles. The van der Waals surface area contributed by atoms with Gasteiger partial charge in [0.1, 0.15) is 5.52 Å². The highest BCUT2D eigenvalue weighted by Gasteiger charge is 2.11. The lowest BCUT2D eigenvalue weighted by Crippen LogP contribution is -1.87. The van der Waals surface area contributed by atoms with Crippen LogP contribution in [0, 0.1) is 0 Å². The van der Waals surface area contributed by atoms with E-state index in [9.17, 15) is 0 Å². The first-order chi connectivity index (χ1) is 10.7. The van der Waals surface area contributed by atoms with Crippen molar-refractivity contribution >= 4 is 32.7 Å². The molecule has 22 heavy (non-hydrogen) atoms. The van der Waals surface area contributed by atoms with Crippen molar-refractivity contribution in [3.8, 4) is 0 Å². The molecule has 0 bridgehead atoms. The second kappa shape index (κ2) is 5.21. The minimum atomic E-state index is 0.306. The first-order valence-corrected chi connectivity index (χ1v) is 8.24. The van der Waals surface area contributed by atoms with Crippen LogP contribution < -0.4 is 0 Å². The van der Waals surface area contributed by atoms with Gasteiger partial charge in [0.25, 0.3) is 0 Å². The molecule has 0 atom stereocenters. The summed E-state index contributed by atoms with van der Waals surface area (Å²) < 4.78 is 7.00. The lowest BCUT2D eigenvalue weighted by molar-refractivity contribution is 0.501. The number of nitrogens with zero attached hydrogens (tertiary/aromatic N) is 2. The zero-order valence-corrected chi connectivity index (χ0v) is 13.4. The Morgan fingerprint density at radius 2 is 1.91 bits per heavy atom. The third-order valence-electron chi connectivity index (χ3n) is 3.66. The van der Waals surface area contributed by atoms with E-state index in [1.807, 2.05) is 12.1 Å². The number of thiazole rings is 1. The maximum Gasteiger partial charge on any atom is 0.198 e. The van der Waals surface area contributed by atoms with Gasteiger partial charge in [-0.2, -0.15) is 0 Å². The number of rotatable bonds is 3. The maximum atomic E-state index is 5.76. The lowest BCUT2D eigenvalue weighted by atomic mass is 10.1. The van der Waals surface area contributed by atoms with Crippen LogP contribution in [-0.4, -0.2) is 9.97 Å². The molecule has 0 aliphatic carbocycles. The van der Waals surface area contributed by atoms with E-state index in [1.165, 1.54) is 10.3 Å². The molecule has 2 heterocycles. The van der Waals surface area contributed by atoms with E-state index < -0.39 is 0 Å². The Hall–Kier alpha value is -2.20. The van der Waals surface area contributed by atoms with E-state index in [-0.39, 0.29) is 0 Å². The van der Waals surface area contributed by atoms with Crippen molar-refractivity contribution in [2.24, 2.45) is 0 Å². The molecule has 0 amide bonds. The highest BCUT2D eigenvalue weighted by atomic mass is 32.1. The molecule has 0 radical (unpaired) electrons. The summed E-state index contributed by atoms with van der Waals surface area (Å²) in [4.78, 5) is 9.27. The van der Waals surface area contributed by atoms with E-state index in [1.54, 1.807) is 11.3 Å². The summed E-state index contributed by atoms with van der Waals surface area (Å²) in [5, 5.41) is 1.13. The molecule has 3 nitrogen and oxygen atoms in total. The Morgan fingerprint density at radius 3 is 2.73 bits per heavy atom. The molecule has 0 aliphatic rings. The van der Waals surface area contributed by atoms with Crippen molar-refractivity contribution in [1.82, 2.24) is 9.97 Å². The van der Waals surface area contributed by atoms with Crippen molar-refractivity contribution in [3.05, 3.63) is 58.9 Å². The van der Waals surface area contributed by atoms with Crippen LogP contribution >= 0.6 is 11.3 Å². The van der Waals surface area contributed by atoms with Crippen molar-refractivity contribution in [3.63, 3.8) is 0 Å². The first kappa shape index (κ1) is 13.5. The average molecular weight is 308 g/mol. The van der Waals surface area contributed by atoms with Crippen molar-refractivity contribution in [1.29, 1.82) is 0 Å². The fourth-order valence-corrected chi connectivity index (χ4v) is 3.52. The average Bonchev–Trinajstić information content (AvgIpc) is 3.09. The van der Waals surface area contributed by atoms with E-state index in [0.717, 1.165) is 33.9 Å². The van der Waals surface area contributed by atoms with E-state index >= 15 is 0 Å². The van der Waals surface area contributed by atoms with E-state index in [2.05, 4.69) is 49.2 Å². The van der Waals surface area contributed by atoms with Gasteiger partial charge in [-0.15, -0.1) is 11.3 Å². The molecule has 4 aromatic rings. The maximum absolute atomic E-state index is 5.76. The highest BCUT2D eigenvalue weighted by Crippen LogP contribution is 2.26. The third-order valence-corrected chi connectivity index (χ3v) is 4.69. The molecule has 0 fully saturated rings. The number of para-hydroxylation sites is 1. The highest BCUT2D eigenvalue weighted by molar-refractivity contribution is 7.18. The van der Waals surface area contributed by atoms with Gasteiger partial charge in [-0.05, 0) is 29.8 Å². The van der Waals surface area contributed by atoms with Gasteiger partial charge in [0.15, 0.2) is 11.5 Å². The molecular formula is C18H16N2OS. The quantitative estimate of drug-likeness (QED) is 0.525. The number of hydrogen-bond donors (Lipinski definition) is 0. The zero-order valence-electron chi connectivity index (χ0n) is 12.5. The molecule has 110 valence electrons. The Balaban J connectivity index is 1.68. The standard InChI is InChI=1S/C18H16N2OS/c1-11(2)18-20-14-9-12(7-8-15(14)21-18)10-17-19-13-5-3-4-6-16(13)22-17/h3-9,11H,10H2,1-2H3. The molecule has 0 saturated heterocycles. The molecule has 4 heteroatoms. The molecule has 2 aromatic carbocycles. The summed E-state index contributed by atoms with van der Waals surface area (Å²) in [5.41, 5.74) is 4.08. The van der Waals surface area contributed by atoms with Gasteiger partial charge in [0, 0.05) is 12.3 Å². The number of aromatic nitrogens is 2. The second-order valence-corrected chi connectivity index (χ2v) is 6.88. The molecule has 0 N–H and O–H groups in total. The molecule has 0 unspecified atom stereocenters. The van der Waals surface area contributed by atoms with Crippen LogP contribution in [0.4, 0.5) is 0 Å². The van der Waals surface area contributed by atoms with Crippen LogP contribution in [0.3, 0.4) is 0 Å². The summed E-state index contributed by atoms with van der Waals surface area (Å²) in [6.45, 7) is 4.18. The summed E-state index contributed by atoms with van der Waals surface area (Å²) in [6, 6.07) is 14.5. The van der Waals surface area contributed by atoms with Gasteiger partial charge < -0.3 is 4.42 Å². The van der Waals surface area contributed by atoms with Crippen LogP contribution in [-0.2, 0) is 6.42 Å². The number of hydrogen-bond acceptors (Lipinski definition) is 4. The fourth-order valence-electron chi connectivity index (χ4n) is 2.52. The van der Waals surface area contributed by atoms with Crippen LogP contribution in [0.5, 0.6) is 0 Å². The minimum absolute atomic E-state index is 0.306. The smallest absolute Gasteiger partial charge is 0.198 e. The van der Waals surface area contributed by atoms with Crippen molar-refractivity contribution < 1.29 is 4.42 Å². The van der Waals surface area contributed by atoms with Gasteiger partial charge in [-0.25, -0.2) is 9.97 Å². The number of benzene rings is 2. The van der Waals surface area contributed by atoms with Gasteiger partial charge >= 0.3 is 0 Å². The normalized spacial score (nSPS) is 11.8. The molecular weight excluding hydrogens is 292 g/mol. The van der Waals surface area contributed by atoms with Gasteiger partial charge in [-0.1, -0.05) is 32.0 Å². The van der Waals surface area contributed by atoms with Crippen LogP contribution in [0.15, 0.2) is 46.9 Å². The summed E-state index contributed by atoms with van der Waals surface area (Å²) in [6.07, 6.45) is 0.832. The predicted octanol–water partition coefficient (Wildman–Crippen LogP) is 5.15. The summed E-state index contributed by atoms with van der Waals surface area (Å²) in [5.74, 6) is 1.10. The largest absolute Gasteiger partial charge is 0.440 e.